The van der Waals surface area contributed by atoms with Crippen LogP contribution < -0.4 is 0 Å². The van der Waals surface area contributed by atoms with Gasteiger partial charge in [-0.05, 0) is 19.9 Å². The first kappa shape index (κ1) is 11.1. The van der Waals surface area contributed by atoms with Crippen LogP contribution in [0.5, 0.6) is 0 Å². The molecule has 2 unspecified atom stereocenters. The van der Waals surface area contributed by atoms with Crippen molar-refractivity contribution in [3.05, 3.63) is 18.5 Å². The van der Waals surface area contributed by atoms with Crippen molar-refractivity contribution >= 4 is 5.91 Å². The van der Waals surface area contributed by atoms with Gasteiger partial charge in [0.1, 0.15) is 6.54 Å². The minimum Gasteiger partial charge on any atom is -0.372 e. The van der Waals surface area contributed by atoms with E-state index in [1.54, 1.807) is 17.1 Å². The topological polar surface area (TPSA) is 47.4 Å². The predicted molar refractivity (Wildman–Crippen MR) is 58.8 cm³/mol. The van der Waals surface area contributed by atoms with Gasteiger partial charge in [-0.15, -0.1) is 0 Å². The van der Waals surface area contributed by atoms with Gasteiger partial charge in [-0.1, -0.05) is 0 Å². The molecule has 1 aromatic heterocycles. The Morgan fingerprint density at radius 2 is 2.12 bits per heavy atom. The highest BCUT2D eigenvalue weighted by Gasteiger charge is 2.25. The highest BCUT2D eigenvalue weighted by Crippen LogP contribution is 2.11. The minimum atomic E-state index is 0.103. The van der Waals surface area contributed by atoms with E-state index in [9.17, 15) is 4.79 Å². The fraction of sp³-hybridized carbons (Fsp3) is 0.636. The maximum absolute atomic E-state index is 12.0. The summed E-state index contributed by atoms with van der Waals surface area (Å²) in [5.74, 6) is 0.103. The van der Waals surface area contributed by atoms with E-state index in [0.717, 1.165) is 0 Å². The maximum atomic E-state index is 12.0. The lowest BCUT2D eigenvalue weighted by molar-refractivity contribution is -0.144. The van der Waals surface area contributed by atoms with Gasteiger partial charge < -0.3 is 9.64 Å². The summed E-state index contributed by atoms with van der Waals surface area (Å²) in [5, 5.41) is 4.03. The lowest BCUT2D eigenvalue weighted by atomic mass is 10.2. The van der Waals surface area contributed by atoms with E-state index in [4.69, 9.17) is 4.74 Å². The van der Waals surface area contributed by atoms with Crippen molar-refractivity contribution < 1.29 is 9.53 Å². The zero-order chi connectivity index (χ0) is 11.5. The van der Waals surface area contributed by atoms with Gasteiger partial charge >= 0.3 is 0 Å². The standard InChI is InChI=1S/C11H17N3O2/c1-9-6-13(7-10(2)16-9)11(15)8-14-5-3-4-12-14/h3-5,9-10H,6-8H2,1-2H3. The Balaban J connectivity index is 1.94. The number of nitrogens with zero attached hydrogens (tertiary/aromatic N) is 3. The van der Waals surface area contributed by atoms with Crippen LogP contribution >= 0.6 is 0 Å². The van der Waals surface area contributed by atoms with Gasteiger partial charge in [0.05, 0.1) is 12.2 Å². The minimum absolute atomic E-state index is 0.103. The van der Waals surface area contributed by atoms with E-state index >= 15 is 0 Å². The first-order valence-electron chi connectivity index (χ1n) is 5.56. The Kier molecular flexibility index (Phi) is 3.24. The summed E-state index contributed by atoms with van der Waals surface area (Å²) in [7, 11) is 0. The Morgan fingerprint density at radius 1 is 1.44 bits per heavy atom. The molecular formula is C11H17N3O2. The average molecular weight is 223 g/mol. The number of hydrogen-bond acceptors (Lipinski definition) is 3. The number of amides is 1. The summed E-state index contributed by atoms with van der Waals surface area (Å²) in [4.78, 5) is 13.8. The van der Waals surface area contributed by atoms with E-state index in [0.29, 0.717) is 19.6 Å². The smallest absolute Gasteiger partial charge is 0.244 e. The molecule has 2 atom stereocenters. The summed E-state index contributed by atoms with van der Waals surface area (Å²) in [6.07, 6.45) is 3.71. The molecule has 1 aromatic rings. The SMILES string of the molecule is CC1CN(C(=O)Cn2cccn2)CC(C)O1. The molecule has 0 aliphatic carbocycles. The second kappa shape index (κ2) is 4.65. The van der Waals surface area contributed by atoms with E-state index in [-0.39, 0.29) is 18.1 Å². The van der Waals surface area contributed by atoms with Gasteiger partial charge in [0.25, 0.3) is 0 Å². The first-order valence-corrected chi connectivity index (χ1v) is 5.56. The highest BCUT2D eigenvalue weighted by atomic mass is 16.5. The van der Waals surface area contributed by atoms with Crippen LogP contribution in [0.25, 0.3) is 0 Å². The Hall–Kier alpha value is -1.36. The van der Waals surface area contributed by atoms with Gasteiger partial charge in [-0.3, -0.25) is 9.48 Å². The monoisotopic (exact) mass is 223 g/mol. The predicted octanol–water partition coefficient (Wildman–Crippen LogP) is 0.519. The maximum Gasteiger partial charge on any atom is 0.244 e. The third-order valence-electron chi connectivity index (χ3n) is 2.63. The van der Waals surface area contributed by atoms with Crippen LogP contribution in [0.15, 0.2) is 18.5 Å². The van der Waals surface area contributed by atoms with Crippen LogP contribution in [-0.2, 0) is 16.1 Å². The van der Waals surface area contributed by atoms with Gasteiger partial charge in [-0.2, -0.15) is 5.10 Å². The summed E-state index contributed by atoms with van der Waals surface area (Å²) >= 11 is 0. The van der Waals surface area contributed by atoms with Crippen molar-refractivity contribution in [1.82, 2.24) is 14.7 Å². The van der Waals surface area contributed by atoms with Crippen LogP contribution in [0.2, 0.25) is 0 Å². The number of aromatic nitrogens is 2. The molecule has 16 heavy (non-hydrogen) atoms. The van der Waals surface area contributed by atoms with Crippen molar-refractivity contribution in [3.63, 3.8) is 0 Å². The van der Waals surface area contributed by atoms with E-state index in [1.165, 1.54) is 0 Å². The van der Waals surface area contributed by atoms with Crippen LogP contribution in [-0.4, -0.2) is 45.9 Å². The van der Waals surface area contributed by atoms with Crippen LogP contribution in [0, 0.1) is 0 Å². The van der Waals surface area contributed by atoms with E-state index in [1.807, 2.05) is 24.8 Å². The van der Waals surface area contributed by atoms with Gasteiger partial charge in [0.2, 0.25) is 5.91 Å². The number of carbonyl (C=O) groups excluding carboxylic acids is 1. The zero-order valence-corrected chi connectivity index (χ0v) is 9.67. The number of hydrogen-bond donors (Lipinski definition) is 0. The fourth-order valence-electron chi connectivity index (χ4n) is 2.01. The van der Waals surface area contributed by atoms with Gasteiger partial charge in [0.15, 0.2) is 0 Å². The molecule has 1 amide bonds. The van der Waals surface area contributed by atoms with Crippen molar-refractivity contribution in [2.45, 2.75) is 32.6 Å². The molecule has 0 spiro atoms. The molecule has 5 nitrogen and oxygen atoms in total. The zero-order valence-electron chi connectivity index (χ0n) is 9.67. The lowest BCUT2D eigenvalue weighted by Crippen LogP contribution is -2.49. The van der Waals surface area contributed by atoms with Crippen molar-refractivity contribution in [2.24, 2.45) is 0 Å². The normalized spacial score (nSPS) is 25.8. The molecule has 5 heteroatoms. The van der Waals surface area contributed by atoms with Gasteiger partial charge in [0, 0.05) is 25.5 Å². The molecule has 1 aliphatic rings. The molecule has 0 aromatic carbocycles. The number of ether oxygens (including phenoxy) is 1. The largest absolute Gasteiger partial charge is 0.372 e. The van der Waals surface area contributed by atoms with Crippen molar-refractivity contribution in [1.29, 1.82) is 0 Å². The second-order valence-electron chi connectivity index (χ2n) is 4.26. The average Bonchev–Trinajstić information content (AvgIpc) is 2.68. The molecule has 1 saturated heterocycles. The Bertz CT molecular complexity index is 340. The summed E-state index contributed by atoms with van der Waals surface area (Å²) < 4.78 is 7.23. The molecule has 0 bridgehead atoms. The van der Waals surface area contributed by atoms with Crippen molar-refractivity contribution in [2.75, 3.05) is 13.1 Å². The Morgan fingerprint density at radius 3 is 2.69 bits per heavy atom. The van der Waals surface area contributed by atoms with Crippen molar-refractivity contribution in [3.8, 4) is 0 Å². The number of carbonyl (C=O) groups is 1. The molecule has 88 valence electrons. The summed E-state index contributed by atoms with van der Waals surface area (Å²) in [6.45, 7) is 5.63. The first-order chi connectivity index (χ1) is 7.65. The molecule has 2 rings (SSSR count). The fourth-order valence-corrected chi connectivity index (χ4v) is 2.01. The van der Waals surface area contributed by atoms with Crippen LogP contribution in [0.1, 0.15) is 13.8 Å². The third-order valence-corrected chi connectivity index (χ3v) is 2.63. The summed E-state index contributed by atoms with van der Waals surface area (Å²) in [6, 6.07) is 1.82. The highest BCUT2D eigenvalue weighted by molar-refractivity contribution is 5.76. The number of morpholine rings is 1. The third kappa shape index (κ3) is 2.61. The summed E-state index contributed by atoms with van der Waals surface area (Å²) in [5.41, 5.74) is 0. The van der Waals surface area contributed by atoms with Crippen LogP contribution in [0.3, 0.4) is 0 Å². The van der Waals surface area contributed by atoms with E-state index < -0.39 is 0 Å². The molecule has 1 fully saturated rings. The molecule has 0 N–H and O–H groups in total. The quantitative estimate of drug-likeness (QED) is 0.734. The molecule has 1 aliphatic heterocycles. The second-order valence-corrected chi connectivity index (χ2v) is 4.26. The molecular weight excluding hydrogens is 206 g/mol. The van der Waals surface area contributed by atoms with Gasteiger partial charge in [-0.25, -0.2) is 0 Å². The van der Waals surface area contributed by atoms with E-state index in [2.05, 4.69) is 5.10 Å². The molecule has 2 heterocycles. The number of rotatable bonds is 2. The lowest BCUT2D eigenvalue weighted by Gasteiger charge is -2.35. The molecule has 0 saturated carbocycles. The molecule has 0 radical (unpaired) electrons. The van der Waals surface area contributed by atoms with Crippen LogP contribution in [0.4, 0.5) is 0 Å². The Labute approximate surface area is 95.0 Å².